The summed E-state index contributed by atoms with van der Waals surface area (Å²) in [5.74, 6) is -0.855. The van der Waals surface area contributed by atoms with Crippen LogP contribution in [0.2, 0.25) is 0 Å². The maximum atomic E-state index is 13.0. The number of alkyl halides is 3. The van der Waals surface area contributed by atoms with E-state index >= 15 is 0 Å². The van der Waals surface area contributed by atoms with Crippen LogP contribution in [-0.4, -0.2) is 44.6 Å². The van der Waals surface area contributed by atoms with Gasteiger partial charge in [-0.15, -0.1) is 11.3 Å². The minimum Gasteiger partial charge on any atom is -0.506 e. The predicted molar refractivity (Wildman–Crippen MR) is 86.2 cm³/mol. The van der Waals surface area contributed by atoms with E-state index in [1.165, 1.54) is 12.3 Å². The molecule has 136 valence electrons. The molecule has 1 unspecified atom stereocenters. The normalized spacial score (nSPS) is 17.3. The van der Waals surface area contributed by atoms with Crippen LogP contribution in [0.15, 0.2) is 17.6 Å². The van der Waals surface area contributed by atoms with Crippen LogP contribution in [0.1, 0.15) is 24.1 Å². The molecule has 0 aromatic carbocycles. The van der Waals surface area contributed by atoms with Gasteiger partial charge in [0.05, 0.1) is 17.7 Å². The van der Waals surface area contributed by atoms with Crippen molar-refractivity contribution in [3.63, 3.8) is 0 Å². The van der Waals surface area contributed by atoms with Crippen LogP contribution in [-0.2, 0) is 11.2 Å². The van der Waals surface area contributed by atoms with Crippen molar-refractivity contribution in [2.24, 2.45) is 0 Å². The van der Waals surface area contributed by atoms with Gasteiger partial charge in [-0.25, -0.2) is 9.97 Å². The Morgan fingerprint density at radius 3 is 2.92 bits per heavy atom. The largest absolute Gasteiger partial charge is 0.506 e. The Hall–Kier alpha value is -2.67. The quantitative estimate of drug-likeness (QED) is 0.882. The van der Waals surface area contributed by atoms with Crippen LogP contribution in [0, 0.1) is 11.3 Å². The minimum absolute atomic E-state index is 0.0813. The Kier molecular flexibility index (Phi) is 4.82. The van der Waals surface area contributed by atoms with E-state index in [1.54, 1.807) is 5.38 Å². The Balaban J connectivity index is 1.75. The lowest BCUT2D eigenvalue weighted by Gasteiger charge is -2.26. The average molecular weight is 382 g/mol. The molecule has 10 heteroatoms. The summed E-state index contributed by atoms with van der Waals surface area (Å²) in [6.07, 6.45) is -3.17. The Morgan fingerprint density at radius 1 is 1.50 bits per heavy atom. The van der Waals surface area contributed by atoms with Gasteiger partial charge < -0.3 is 10.0 Å². The van der Waals surface area contributed by atoms with E-state index in [-0.39, 0.29) is 36.4 Å². The molecule has 1 fully saturated rings. The van der Waals surface area contributed by atoms with Crippen molar-refractivity contribution in [3.8, 4) is 22.5 Å². The number of aromatic hydroxyl groups is 1. The number of rotatable bonds is 3. The molecule has 6 nitrogen and oxygen atoms in total. The molecule has 3 rings (SSSR count). The first-order valence-corrected chi connectivity index (χ1v) is 8.57. The molecule has 0 aliphatic carbocycles. The second-order valence-electron chi connectivity index (χ2n) is 5.81. The molecule has 26 heavy (non-hydrogen) atoms. The number of pyridine rings is 1. The van der Waals surface area contributed by atoms with Crippen molar-refractivity contribution in [2.45, 2.75) is 31.5 Å². The zero-order valence-electron chi connectivity index (χ0n) is 13.3. The lowest BCUT2D eigenvalue weighted by Crippen LogP contribution is -2.45. The van der Waals surface area contributed by atoms with Crippen LogP contribution < -0.4 is 0 Å². The van der Waals surface area contributed by atoms with Crippen LogP contribution in [0.5, 0.6) is 5.75 Å². The minimum atomic E-state index is -4.43. The van der Waals surface area contributed by atoms with Gasteiger partial charge in [0.15, 0.2) is 0 Å². The van der Waals surface area contributed by atoms with Gasteiger partial charge in [0, 0.05) is 24.2 Å². The predicted octanol–water partition coefficient (Wildman–Crippen LogP) is 2.88. The Labute approximate surface area is 150 Å². The molecule has 0 bridgehead atoms. The van der Waals surface area contributed by atoms with Gasteiger partial charge in [0.25, 0.3) is 0 Å². The maximum absolute atomic E-state index is 13.0. The summed E-state index contributed by atoms with van der Waals surface area (Å²) < 4.78 is 38.9. The van der Waals surface area contributed by atoms with Gasteiger partial charge in [-0.05, 0) is 12.8 Å². The fourth-order valence-electron chi connectivity index (χ4n) is 2.84. The lowest BCUT2D eigenvalue weighted by molar-refractivity contribution is -0.182. The number of carbonyl (C=O) groups is 1. The van der Waals surface area contributed by atoms with Crippen molar-refractivity contribution in [1.82, 2.24) is 14.9 Å². The number of halogens is 3. The van der Waals surface area contributed by atoms with Crippen molar-refractivity contribution >= 4 is 17.2 Å². The Bertz CT molecular complexity index is 875. The molecule has 0 spiro atoms. The molecule has 1 N–H and O–H groups in total. The van der Waals surface area contributed by atoms with Crippen molar-refractivity contribution < 1.29 is 23.1 Å². The van der Waals surface area contributed by atoms with E-state index in [4.69, 9.17) is 5.26 Å². The first-order valence-electron chi connectivity index (χ1n) is 7.69. The topological polar surface area (TPSA) is 90.1 Å². The number of hydrogen-bond donors (Lipinski definition) is 1. The maximum Gasteiger partial charge on any atom is 0.408 e. The summed E-state index contributed by atoms with van der Waals surface area (Å²) in [7, 11) is 0. The Morgan fingerprint density at radius 2 is 2.27 bits per heavy atom. The molecule has 0 saturated carbocycles. The highest BCUT2D eigenvalue weighted by molar-refractivity contribution is 7.13. The van der Waals surface area contributed by atoms with Crippen molar-refractivity contribution in [2.75, 3.05) is 6.54 Å². The molecule has 1 amide bonds. The fraction of sp³-hybridized carbons (Fsp3) is 0.375. The smallest absolute Gasteiger partial charge is 0.408 e. The van der Waals surface area contributed by atoms with Gasteiger partial charge >= 0.3 is 6.18 Å². The molecule has 2 aromatic heterocycles. The summed E-state index contributed by atoms with van der Waals surface area (Å²) in [4.78, 5) is 21.3. The zero-order chi connectivity index (χ0) is 18.9. The van der Waals surface area contributed by atoms with Crippen molar-refractivity contribution in [3.05, 3.63) is 28.9 Å². The van der Waals surface area contributed by atoms with Gasteiger partial charge in [-0.1, -0.05) is 0 Å². The van der Waals surface area contributed by atoms with E-state index in [9.17, 15) is 23.1 Å². The number of thiazole rings is 1. The van der Waals surface area contributed by atoms with E-state index in [0.29, 0.717) is 17.1 Å². The van der Waals surface area contributed by atoms with Crippen LogP contribution >= 0.6 is 11.3 Å². The average Bonchev–Trinajstić information content (AvgIpc) is 3.23. The summed E-state index contributed by atoms with van der Waals surface area (Å²) in [5, 5.41) is 20.6. The second-order valence-corrected chi connectivity index (χ2v) is 6.67. The lowest BCUT2D eigenvalue weighted by atomic mass is 10.2. The molecular formula is C16H13F3N4O2S. The SMILES string of the molecule is N#Cc1cnc(-c2nc(CC(=O)N3CCCC3C(F)(F)F)cs2)c(O)c1. The number of nitrogens with zero attached hydrogens (tertiary/aromatic N) is 4. The number of nitriles is 1. The summed E-state index contributed by atoms with van der Waals surface area (Å²) in [5.41, 5.74) is 0.654. The first kappa shape index (κ1) is 18.1. The van der Waals surface area contributed by atoms with Gasteiger partial charge in [-0.3, -0.25) is 4.79 Å². The number of amides is 1. The summed E-state index contributed by atoms with van der Waals surface area (Å²) >= 11 is 1.11. The molecule has 0 radical (unpaired) electrons. The zero-order valence-corrected chi connectivity index (χ0v) is 14.1. The highest BCUT2D eigenvalue weighted by Crippen LogP contribution is 2.34. The second kappa shape index (κ2) is 6.92. The molecule has 2 aromatic rings. The number of aromatic nitrogens is 2. The molecule has 1 atom stereocenters. The third-order valence-corrected chi connectivity index (χ3v) is 4.93. The number of hydrogen-bond acceptors (Lipinski definition) is 6. The number of likely N-dealkylation sites (tertiary alicyclic amines) is 1. The molecule has 1 aliphatic rings. The van der Waals surface area contributed by atoms with Crippen molar-refractivity contribution in [1.29, 1.82) is 5.26 Å². The van der Waals surface area contributed by atoms with Gasteiger partial charge in [0.1, 0.15) is 28.6 Å². The fourth-order valence-corrected chi connectivity index (χ4v) is 3.66. The van der Waals surface area contributed by atoms with Crippen LogP contribution in [0.25, 0.3) is 10.7 Å². The molecule has 1 saturated heterocycles. The van der Waals surface area contributed by atoms with E-state index in [2.05, 4.69) is 9.97 Å². The summed E-state index contributed by atoms with van der Waals surface area (Å²) in [6, 6.07) is 1.35. The van der Waals surface area contributed by atoms with E-state index in [0.717, 1.165) is 16.2 Å². The monoisotopic (exact) mass is 382 g/mol. The van der Waals surface area contributed by atoms with Gasteiger partial charge in [0.2, 0.25) is 5.91 Å². The summed E-state index contributed by atoms with van der Waals surface area (Å²) in [6.45, 7) is 0.0813. The molecule has 3 heterocycles. The molecule has 1 aliphatic heterocycles. The van der Waals surface area contributed by atoms with Crippen LogP contribution in [0.3, 0.4) is 0 Å². The highest BCUT2D eigenvalue weighted by atomic mass is 32.1. The van der Waals surface area contributed by atoms with E-state index in [1.807, 2.05) is 6.07 Å². The van der Waals surface area contributed by atoms with E-state index < -0.39 is 18.1 Å². The van der Waals surface area contributed by atoms with Crippen LogP contribution in [0.4, 0.5) is 13.2 Å². The standard InChI is InChI=1S/C16H13F3N4O2S/c17-16(18,19)12-2-1-3-23(12)13(25)5-10-8-26-15(22-10)14-11(24)4-9(6-20)7-21-14/h4,7-8,12,24H,1-3,5H2. The molecular weight excluding hydrogens is 369 g/mol. The number of carbonyl (C=O) groups excluding carboxylic acids is 1. The third-order valence-electron chi connectivity index (χ3n) is 4.03. The highest BCUT2D eigenvalue weighted by Gasteiger charge is 2.47. The first-order chi connectivity index (χ1) is 12.3. The van der Waals surface area contributed by atoms with Gasteiger partial charge in [-0.2, -0.15) is 18.4 Å². The third kappa shape index (κ3) is 3.62.